The second-order valence-corrected chi connectivity index (χ2v) is 5.86. The maximum absolute atomic E-state index is 12.8. The zero-order valence-corrected chi connectivity index (χ0v) is 13.6. The molecule has 1 heterocycles. The monoisotopic (exact) mass is 310 g/mol. The number of hydrogen-bond donors (Lipinski definition) is 0. The lowest BCUT2D eigenvalue weighted by Crippen LogP contribution is -2.54. The molecule has 1 amide bonds. The molecule has 2 aromatic carbocycles. The maximum atomic E-state index is 12.8. The summed E-state index contributed by atoms with van der Waals surface area (Å²) in [5.41, 5.74) is 1.90. The topological polar surface area (TPSA) is 32.8 Å². The molecule has 2 aromatic rings. The van der Waals surface area contributed by atoms with Crippen LogP contribution in [0, 0.1) is 0 Å². The number of anilines is 1. The summed E-state index contributed by atoms with van der Waals surface area (Å²) in [7, 11) is 1.62. The highest BCUT2D eigenvalue weighted by Gasteiger charge is 2.28. The number of nitrogens with zero attached hydrogens (tertiary/aromatic N) is 2. The van der Waals surface area contributed by atoms with Crippen molar-refractivity contribution in [2.24, 2.45) is 0 Å². The van der Waals surface area contributed by atoms with E-state index in [1.165, 1.54) is 5.69 Å². The molecule has 120 valence electrons. The number of amides is 1. The Bertz CT molecular complexity index is 672. The van der Waals surface area contributed by atoms with Gasteiger partial charge in [0, 0.05) is 36.9 Å². The zero-order chi connectivity index (χ0) is 16.2. The number of carbonyl (C=O) groups is 1. The van der Waals surface area contributed by atoms with Gasteiger partial charge in [0.15, 0.2) is 0 Å². The predicted molar refractivity (Wildman–Crippen MR) is 92.1 cm³/mol. The van der Waals surface area contributed by atoms with Gasteiger partial charge >= 0.3 is 0 Å². The fourth-order valence-electron chi connectivity index (χ4n) is 3.05. The molecule has 1 aliphatic heterocycles. The third-order valence-electron chi connectivity index (χ3n) is 4.33. The second kappa shape index (κ2) is 6.73. The maximum Gasteiger partial charge on any atom is 0.254 e. The Hall–Kier alpha value is -2.49. The van der Waals surface area contributed by atoms with E-state index in [2.05, 4.69) is 24.0 Å². The number of carbonyl (C=O) groups excluding carboxylic acids is 1. The summed E-state index contributed by atoms with van der Waals surface area (Å²) in [6, 6.07) is 17.9. The molecule has 0 radical (unpaired) electrons. The van der Waals surface area contributed by atoms with Crippen molar-refractivity contribution in [1.29, 1.82) is 0 Å². The van der Waals surface area contributed by atoms with Gasteiger partial charge in [-0.2, -0.15) is 0 Å². The van der Waals surface area contributed by atoms with Gasteiger partial charge in [0.25, 0.3) is 5.91 Å². The zero-order valence-electron chi connectivity index (χ0n) is 13.6. The van der Waals surface area contributed by atoms with Crippen molar-refractivity contribution < 1.29 is 9.53 Å². The lowest BCUT2D eigenvalue weighted by molar-refractivity contribution is 0.0674. The van der Waals surface area contributed by atoms with Crippen LogP contribution >= 0.6 is 0 Å². The number of hydrogen-bond acceptors (Lipinski definition) is 3. The number of ether oxygens (including phenoxy) is 1. The Labute approximate surface area is 137 Å². The van der Waals surface area contributed by atoms with Gasteiger partial charge in [-0.3, -0.25) is 4.79 Å². The number of methoxy groups -OCH3 is 1. The van der Waals surface area contributed by atoms with Gasteiger partial charge < -0.3 is 14.5 Å². The van der Waals surface area contributed by atoms with Crippen LogP contribution in [0.25, 0.3) is 0 Å². The summed E-state index contributed by atoms with van der Waals surface area (Å²) < 4.78 is 5.22. The van der Waals surface area contributed by atoms with Gasteiger partial charge in [0.2, 0.25) is 0 Å². The molecule has 0 spiro atoms. The van der Waals surface area contributed by atoms with E-state index in [4.69, 9.17) is 4.74 Å². The van der Waals surface area contributed by atoms with Crippen LogP contribution < -0.4 is 9.64 Å². The quantitative estimate of drug-likeness (QED) is 0.873. The van der Waals surface area contributed by atoms with Crippen LogP contribution in [0.2, 0.25) is 0 Å². The lowest BCUT2D eigenvalue weighted by Gasteiger charge is -2.41. The smallest absolute Gasteiger partial charge is 0.254 e. The van der Waals surface area contributed by atoms with Gasteiger partial charge in [0.1, 0.15) is 5.75 Å². The molecule has 0 aliphatic carbocycles. The Morgan fingerprint density at radius 2 is 1.87 bits per heavy atom. The molecule has 3 rings (SSSR count). The van der Waals surface area contributed by atoms with E-state index < -0.39 is 0 Å². The molecule has 0 bridgehead atoms. The third kappa shape index (κ3) is 3.31. The average molecular weight is 310 g/mol. The van der Waals surface area contributed by atoms with Crippen molar-refractivity contribution in [3.8, 4) is 5.75 Å². The van der Waals surface area contributed by atoms with E-state index in [-0.39, 0.29) is 11.9 Å². The van der Waals surface area contributed by atoms with E-state index in [0.717, 1.165) is 19.6 Å². The Morgan fingerprint density at radius 3 is 2.57 bits per heavy atom. The Morgan fingerprint density at radius 1 is 1.09 bits per heavy atom. The van der Waals surface area contributed by atoms with Crippen molar-refractivity contribution in [2.45, 2.75) is 13.0 Å². The highest BCUT2D eigenvalue weighted by Crippen LogP contribution is 2.21. The highest BCUT2D eigenvalue weighted by molar-refractivity contribution is 5.95. The van der Waals surface area contributed by atoms with E-state index in [1.807, 2.05) is 41.3 Å². The summed E-state index contributed by atoms with van der Waals surface area (Å²) in [4.78, 5) is 17.1. The standard InChI is InChI=1S/C19H22N2O2/c1-15-14-20(17-8-4-3-5-9-17)11-12-21(15)19(22)16-7-6-10-18(13-16)23-2/h3-10,13,15H,11-12,14H2,1-2H3/t15-/m0/s1. The molecule has 1 aliphatic rings. The van der Waals surface area contributed by atoms with Crippen LogP contribution in [-0.2, 0) is 0 Å². The van der Waals surface area contributed by atoms with Crippen LogP contribution in [0.1, 0.15) is 17.3 Å². The average Bonchev–Trinajstić information content (AvgIpc) is 2.62. The van der Waals surface area contributed by atoms with Crippen molar-refractivity contribution in [3.05, 3.63) is 60.2 Å². The first-order valence-electron chi connectivity index (χ1n) is 7.94. The molecule has 23 heavy (non-hydrogen) atoms. The molecule has 1 atom stereocenters. The molecule has 1 fully saturated rings. The molecular weight excluding hydrogens is 288 g/mol. The second-order valence-electron chi connectivity index (χ2n) is 5.86. The van der Waals surface area contributed by atoms with Crippen LogP contribution in [0.15, 0.2) is 54.6 Å². The van der Waals surface area contributed by atoms with Crippen molar-refractivity contribution >= 4 is 11.6 Å². The van der Waals surface area contributed by atoms with Gasteiger partial charge in [0.05, 0.1) is 7.11 Å². The normalized spacial score (nSPS) is 17.9. The SMILES string of the molecule is COc1cccc(C(=O)N2CCN(c3ccccc3)C[C@@H]2C)c1. The fraction of sp³-hybridized carbons (Fsp3) is 0.316. The molecule has 4 nitrogen and oxygen atoms in total. The van der Waals surface area contributed by atoms with Gasteiger partial charge in [-0.05, 0) is 37.3 Å². The molecule has 0 unspecified atom stereocenters. The van der Waals surface area contributed by atoms with E-state index >= 15 is 0 Å². The Balaban J connectivity index is 1.71. The number of para-hydroxylation sites is 1. The van der Waals surface area contributed by atoms with Crippen molar-refractivity contribution in [3.63, 3.8) is 0 Å². The van der Waals surface area contributed by atoms with Gasteiger partial charge in [-0.25, -0.2) is 0 Å². The van der Waals surface area contributed by atoms with E-state index in [9.17, 15) is 4.79 Å². The first kappa shape index (κ1) is 15.4. The van der Waals surface area contributed by atoms with Crippen LogP contribution in [0.3, 0.4) is 0 Å². The minimum atomic E-state index is 0.0733. The molecular formula is C19H22N2O2. The summed E-state index contributed by atoms with van der Waals surface area (Å²) in [5.74, 6) is 0.788. The number of benzene rings is 2. The lowest BCUT2D eigenvalue weighted by atomic mass is 10.1. The van der Waals surface area contributed by atoms with E-state index in [1.54, 1.807) is 13.2 Å². The minimum absolute atomic E-state index is 0.0733. The highest BCUT2D eigenvalue weighted by atomic mass is 16.5. The summed E-state index contributed by atoms with van der Waals surface area (Å²) >= 11 is 0. The van der Waals surface area contributed by atoms with E-state index in [0.29, 0.717) is 11.3 Å². The van der Waals surface area contributed by atoms with Gasteiger partial charge in [-0.15, -0.1) is 0 Å². The summed E-state index contributed by atoms with van der Waals surface area (Å²) in [6.07, 6.45) is 0. The third-order valence-corrected chi connectivity index (χ3v) is 4.33. The van der Waals surface area contributed by atoms with Crippen molar-refractivity contribution in [1.82, 2.24) is 4.90 Å². The molecule has 1 saturated heterocycles. The summed E-state index contributed by atoms with van der Waals surface area (Å²) in [5, 5.41) is 0. The van der Waals surface area contributed by atoms with Crippen LogP contribution in [0.5, 0.6) is 5.75 Å². The fourth-order valence-corrected chi connectivity index (χ4v) is 3.05. The molecule has 0 N–H and O–H groups in total. The minimum Gasteiger partial charge on any atom is -0.497 e. The molecule has 0 aromatic heterocycles. The number of piperazine rings is 1. The van der Waals surface area contributed by atoms with Crippen LogP contribution in [-0.4, -0.2) is 43.6 Å². The largest absolute Gasteiger partial charge is 0.497 e. The predicted octanol–water partition coefficient (Wildman–Crippen LogP) is 3.05. The Kier molecular flexibility index (Phi) is 4.51. The molecule has 4 heteroatoms. The first-order chi connectivity index (χ1) is 11.2. The van der Waals surface area contributed by atoms with Crippen molar-refractivity contribution in [2.75, 3.05) is 31.6 Å². The number of rotatable bonds is 3. The van der Waals surface area contributed by atoms with Crippen LogP contribution in [0.4, 0.5) is 5.69 Å². The molecule has 0 saturated carbocycles. The van der Waals surface area contributed by atoms with Gasteiger partial charge in [-0.1, -0.05) is 24.3 Å². The summed E-state index contributed by atoms with van der Waals surface area (Å²) in [6.45, 7) is 4.53. The first-order valence-corrected chi connectivity index (χ1v) is 7.94.